The number of hydrogen-bond acceptors (Lipinski definition) is 5. The largest absolute Gasteiger partial charge is 0.352 e. The number of para-hydroxylation sites is 1. The number of nitro benzene ring substituents is 1. The number of allylic oxidation sites excluding steroid dienone is 3. The topological polar surface area (TPSA) is 96.0 Å². The highest BCUT2D eigenvalue weighted by molar-refractivity contribution is 7.80. The van der Waals surface area contributed by atoms with Gasteiger partial charge >= 0.3 is 0 Å². The molecule has 0 spiro atoms. The van der Waals surface area contributed by atoms with E-state index in [1.165, 1.54) is 19.1 Å². The van der Waals surface area contributed by atoms with Gasteiger partial charge in [0.05, 0.1) is 11.0 Å². The van der Waals surface area contributed by atoms with Gasteiger partial charge in [-0.15, -0.1) is 6.58 Å². The number of nitro groups is 1. The molecule has 1 aliphatic rings. The first-order chi connectivity index (χ1) is 11.8. The predicted molar refractivity (Wildman–Crippen MR) is 97.8 cm³/mol. The first-order valence-electron chi connectivity index (χ1n) is 7.58. The van der Waals surface area contributed by atoms with E-state index in [2.05, 4.69) is 18.0 Å². The average Bonchev–Trinajstić information content (AvgIpc) is 2.56. The van der Waals surface area contributed by atoms with Gasteiger partial charge in [-0.2, -0.15) is 5.26 Å². The summed E-state index contributed by atoms with van der Waals surface area (Å²) in [7, 11) is 0. The quantitative estimate of drug-likeness (QED) is 0.375. The van der Waals surface area contributed by atoms with Gasteiger partial charge in [0.25, 0.3) is 5.69 Å². The second-order valence-electron chi connectivity index (χ2n) is 5.87. The highest BCUT2D eigenvalue weighted by Crippen LogP contribution is 2.50. The highest BCUT2D eigenvalue weighted by atomic mass is 32.1. The van der Waals surface area contributed by atoms with Crippen molar-refractivity contribution in [3.8, 4) is 6.07 Å². The molecular weight excluding hydrogens is 338 g/mol. The Labute approximate surface area is 151 Å². The molecule has 25 heavy (non-hydrogen) atoms. The number of rotatable bonds is 5. The third-order valence-corrected chi connectivity index (χ3v) is 4.85. The van der Waals surface area contributed by atoms with Crippen molar-refractivity contribution in [3.05, 3.63) is 63.9 Å². The number of benzene rings is 1. The van der Waals surface area contributed by atoms with Gasteiger partial charge in [-0.1, -0.05) is 36.5 Å². The van der Waals surface area contributed by atoms with Gasteiger partial charge in [-0.3, -0.25) is 14.9 Å². The third-order valence-electron chi connectivity index (χ3n) is 4.38. The van der Waals surface area contributed by atoms with Crippen molar-refractivity contribution in [3.63, 3.8) is 0 Å². The van der Waals surface area contributed by atoms with Crippen LogP contribution in [0.25, 0.3) is 0 Å². The lowest BCUT2D eigenvalue weighted by molar-refractivity contribution is -0.385. The number of nitriles is 1. The average molecular weight is 355 g/mol. The van der Waals surface area contributed by atoms with Crippen LogP contribution in [0.1, 0.15) is 31.7 Å². The Morgan fingerprint density at radius 3 is 2.72 bits per heavy atom. The van der Waals surface area contributed by atoms with Crippen LogP contribution in [0.3, 0.4) is 0 Å². The summed E-state index contributed by atoms with van der Waals surface area (Å²) < 4.78 is 0. The molecule has 0 saturated heterocycles. The van der Waals surface area contributed by atoms with E-state index in [0.29, 0.717) is 16.8 Å². The molecule has 128 valence electrons. The second-order valence-corrected chi connectivity index (χ2v) is 6.28. The zero-order valence-electron chi connectivity index (χ0n) is 13.9. The molecule has 0 fully saturated rings. The zero-order chi connectivity index (χ0) is 18.8. The van der Waals surface area contributed by atoms with Crippen molar-refractivity contribution in [1.82, 2.24) is 5.32 Å². The van der Waals surface area contributed by atoms with Gasteiger partial charge in [-0.05, 0) is 20.3 Å². The highest BCUT2D eigenvalue weighted by Gasteiger charge is 2.51. The number of hydrogen-bond donors (Lipinski definition) is 1. The number of nitrogens with zero attached hydrogens (tertiary/aromatic N) is 2. The number of thiocarbonyl (C=S) groups is 1. The van der Waals surface area contributed by atoms with Gasteiger partial charge in [0.15, 0.2) is 5.78 Å². The first-order valence-corrected chi connectivity index (χ1v) is 7.99. The SMILES string of the molecule is C=CCC1(C#N)C(=S)NC(C)=C(C(C)=O)C1c1ccccc1[N+](=O)[O-]. The smallest absolute Gasteiger partial charge is 0.273 e. The lowest BCUT2D eigenvalue weighted by Crippen LogP contribution is -2.48. The molecule has 2 atom stereocenters. The van der Waals surface area contributed by atoms with Crippen LogP contribution in [-0.2, 0) is 4.79 Å². The van der Waals surface area contributed by atoms with Crippen LogP contribution in [0.4, 0.5) is 5.69 Å². The van der Waals surface area contributed by atoms with Crippen LogP contribution in [0.2, 0.25) is 0 Å². The summed E-state index contributed by atoms with van der Waals surface area (Å²) in [6.45, 7) is 6.75. The Morgan fingerprint density at radius 2 is 2.20 bits per heavy atom. The van der Waals surface area contributed by atoms with E-state index in [0.717, 1.165) is 0 Å². The molecule has 6 nitrogen and oxygen atoms in total. The minimum atomic E-state index is -1.32. The van der Waals surface area contributed by atoms with Crippen molar-refractivity contribution >= 4 is 28.7 Å². The van der Waals surface area contributed by atoms with Crippen molar-refractivity contribution in [2.24, 2.45) is 5.41 Å². The van der Waals surface area contributed by atoms with Gasteiger partial charge in [-0.25, -0.2) is 0 Å². The van der Waals surface area contributed by atoms with Crippen molar-refractivity contribution in [2.45, 2.75) is 26.2 Å². The fraction of sp³-hybridized carbons (Fsp3) is 0.278. The van der Waals surface area contributed by atoms with E-state index < -0.39 is 16.3 Å². The number of nitrogens with one attached hydrogen (secondary N) is 1. The second kappa shape index (κ2) is 6.95. The molecule has 1 N–H and O–H groups in total. The number of carbonyl (C=O) groups excluding carboxylic acids is 1. The van der Waals surface area contributed by atoms with E-state index in [1.54, 1.807) is 25.1 Å². The molecule has 0 radical (unpaired) electrons. The Hall–Kier alpha value is -2.85. The minimum Gasteiger partial charge on any atom is -0.352 e. The molecule has 0 saturated carbocycles. The fourth-order valence-electron chi connectivity index (χ4n) is 3.33. The molecule has 2 unspecified atom stereocenters. The Morgan fingerprint density at radius 1 is 1.56 bits per heavy atom. The monoisotopic (exact) mass is 355 g/mol. The summed E-state index contributed by atoms with van der Waals surface area (Å²) in [4.78, 5) is 23.6. The summed E-state index contributed by atoms with van der Waals surface area (Å²) in [5.74, 6) is -1.11. The van der Waals surface area contributed by atoms with Crippen LogP contribution in [0.15, 0.2) is 48.2 Å². The first kappa shape index (κ1) is 18.5. The Kier molecular flexibility index (Phi) is 5.14. The standard InChI is InChI=1S/C18H17N3O3S/c1-4-9-18(10-19)16(13-7-5-6-8-14(13)21(23)24)15(12(3)22)11(2)20-17(18)25/h4-8,16H,1,9H2,2-3H3,(H,20,25). The fourth-order valence-corrected chi connectivity index (χ4v) is 3.73. The summed E-state index contributed by atoms with van der Waals surface area (Å²) in [5, 5.41) is 24.4. The van der Waals surface area contributed by atoms with E-state index in [9.17, 15) is 20.2 Å². The molecule has 1 aliphatic heterocycles. The van der Waals surface area contributed by atoms with E-state index in [-0.39, 0.29) is 22.9 Å². The zero-order valence-corrected chi connectivity index (χ0v) is 14.7. The lowest BCUT2D eigenvalue weighted by atomic mass is 9.64. The maximum Gasteiger partial charge on any atom is 0.273 e. The molecule has 0 bridgehead atoms. The molecule has 7 heteroatoms. The maximum absolute atomic E-state index is 12.3. The van der Waals surface area contributed by atoms with Crippen molar-refractivity contribution in [1.29, 1.82) is 5.26 Å². The molecular formula is C18H17N3O3S. The van der Waals surface area contributed by atoms with Crippen LogP contribution in [-0.4, -0.2) is 15.7 Å². The van der Waals surface area contributed by atoms with E-state index in [1.807, 2.05) is 0 Å². The molecule has 2 rings (SSSR count). The molecule has 1 aromatic carbocycles. The molecule has 0 aromatic heterocycles. The number of Topliss-reactive ketones (excluding diaryl/α,β-unsaturated/α-hetero) is 1. The Bertz CT molecular complexity index is 853. The van der Waals surface area contributed by atoms with Crippen LogP contribution in [0.5, 0.6) is 0 Å². The molecule has 1 heterocycles. The normalized spacial score (nSPS) is 22.8. The predicted octanol–water partition coefficient (Wildman–Crippen LogP) is 3.56. The lowest BCUT2D eigenvalue weighted by Gasteiger charge is -2.41. The van der Waals surface area contributed by atoms with Crippen molar-refractivity contribution in [2.75, 3.05) is 0 Å². The maximum atomic E-state index is 12.3. The van der Waals surface area contributed by atoms with Gasteiger partial charge in [0.2, 0.25) is 0 Å². The minimum absolute atomic E-state index is 0.146. The van der Waals surface area contributed by atoms with Crippen molar-refractivity contribution < 1.29 is 9.72 Å². The van der Waals surface area contributed by atoms with E-state index >= 15 is 0 Å². The Balaban J connectivity index is 2.91. The summed E-state index contributed by atoms with van der Waals surface area (Å²) in [6, 6.07) is 8.34. The summed E-state index contributed by atoms with van der Waals surface area (Å²) in [5.41, 5.74) is -0.331. The van der Waals surface area contributed by atoms with Gasteiger partial charge in [0, 0.05) is 28.8 Å². The van der Waals surface area contributed by atoms with Crippen LogP contribution >= 0.6 is 12.2 Å². The molecule has 0 aliphatic carbocycles. The molecule has 0 amide bonds. The van der Waals surface area contributed by atoms with Gasteiger partial charge < -0.3 is 5.32 Å². The third kappa shape index (κ3) is 2.96. The summed E-state index contributed by atoms with van der Waals surface area (Å²) >= 11 is 5.41. The number of carbonyl (C=O) groups is 1. The van der Waals surface area contributed by atoms with Crippen LogP contribution < -0.4 is 5.32 Å². The summed E-state index contributed by atoms with van der Waals surface area (Å²) in [6.07, 6.45) is 1.70. The van der Waals surface area contributed by atoms with Crippen LogP contribution in [0, 0.1) is 26.9 Å². The molecule has 1 aromatic rings. The van der Waals surface area contributed by atoms with Gasteiger partial charge in [0.1, 0.15) is 10.4 Å². The van der Waals surface area contributed by atoms with E-state index in [4.69, 9.17) is 12.2 Å². The number of ketones is 1.